The van der Waals surface area contributed by atoms with E-state index in [-0.39, 0.29) is 21.8 Å². The number of nitriles is 1. The van der Waals surface area contributed by atoms with E-state index in [1.54, 1.807) is 0 Å². The first-order valence-electron chi connectivity index (χ1n) is 9.51. The number of hydrogen-bond acceptors (Lipinski definition) is 6. The monoisotopic (exact) mass is 442 g/mol. The van der Waals surface area contributed by atoms with Gasteiger partial charge in [-0.05, 0) is 54.4 Å². The number of thiocarbonyl (C=S) groups is 1. The first-order chi connectivity index (χ1) is 14.1. The van der Waals surface area contributed by atoms with E-state index in [0.29, 0.717) is 16.5 Å². The summed E-state index contributed by atoms with van der Waals surface area (Å²) in [4.78, 5) is 23.9. The van der Waals surface area contributed by atoms with Crippen molar-refractivity contribution in [3.8, 4) is 6.07 Å². The van der Waals surface area contributed by atoms with Crippen LogP contribution >= 0.6 is 23.6 Å². The Labute approximate surface area is 184 Å². The molecule has 1 aromatic carbocycles. The number of nitrogens with one attached hydrogen (secondary N) is 2. The molecule has 1 aliphatic rings. The van der Waals surface area contributed by atoms with Gasteiger partial charge in [0, 0.05) is 22.6 Å². The summed E-state index contributed by atoms with van der Waals surface area (Å²) < 4.78 is 0. The van der Waals surface area contributed by atoms with Crippen LogP contribution in [0.1, 0.15) is 53.6 Å². The normalized spacial score (nSPS) is 15.6. The second-order valence-corrected chi connectivity index (χ2v) is 9.85. The third kappa shape index (κ3) is 4.66. The zero-order valence-electron chi connectivity index (χ0n) is 16.9. The highest BCUT2D eigenvalue weighted by Gasteiger charge is 2.32. The number of hydrogen-bond donors (Lipinski definition) is 2. The Bertz CT molecular complexity index is 1060. The lowest BCUT2D eigenvalue weighted by Gasteiger charge is -2.33. The molecule has 1 heterocycles. The average molecular weight is 443 g/mol. The molecule has 3 rings (SSSR count). The number of thiophene rings is 1. The molecule has 2 aromatic rings. The Morgan fingerprint density at radius 3 is 2.77 bits per heavy atom. The van der Waals surface area contributed by atoms with E-state index in [1.165, 1.54) is 40.5 Å². The van der Waals surface area contributed by atoms with Gasteiger partial charge in [0.15, 0.2) is 5.11 Å². The Morgan fingerprint density at radius 2 is 2.13 bits per heavy atom. The third-order valence-corrected chi connectivity index (χ3v) is 6.75. The number of amides is 1. The van der Waals surface area contributed by atoms with E-state index < -0.39 is 10.8 Å². The third-order valence-electron chi connectivity index (χ3n) is 5.38. The maximum Gasteiger partial charge on any atom is 0.270 e. The van der Waals surface area contributed by atoms with Gasteiger partial charge in [-0.3, -0.25) is 20.2 Å². The smallest absolute Gasteiger partial charge is 0.270 e. The fourth-order valence-corrected chi connectivity index (χ4v) is 5.14. The molecule has 30 heavy (non-hydrogen) atoms. The van der Waals surface area contributed by atoms with Crippen molar-refractivity contribution in [2.75, 3.05) is 5.32 Å². The molecule has 0 radical (unpaired) electrons. The largest absolute Gasteiger partial charge is 0.323 e. The number of nitro groups is 1. The zero-order chi connectivity index (χ0) is 22.1. The topological polar surface area (TPSA) is 108 Å². The minimum absolute atomic E-state index is 0.0500. The molecular formula is C21H22N4O3S2. The second-order valence-electron chi connectivity index (χ2n) is 8.34. The van der Waals surface area contributed by atoms with E-state index in [2.05, 4.69) is 37.5 Å². The van der Waals surface area contributed by atoms with E-state index in [4.69, 9.17) is 12.2 Å². The predicted molar refractivity (Wildman–Crippen MR) is 121 cm³/mol. The summed E-state index contributed by atoms with van der Waals surface area (Å²) >= 11 is 6.75. The van der Waals surface area contributed by atoms with Crippen LogP contribution in [0.3, 0.4) is 0 Å². The number of benzene rings is 1. The number of nitro benzene ring substituents is 1. The lowest BCUT2D eigenvalue weighted by molar-refractivity contribution is -0.384. The van der Waals surface area contributed by atoms with Crippen molar-refractivity contribution in [3.05, 3.63) is 55.9 Å². The van der Waals surface area contributed by atoms with Crippen LogP contribution in [0.25, 0.3) is 0 Å². The molecule has 0 saturated heterocycles. The molecule has 0 aliphatic heterocycles. The van der Waals surface area contributed by atoms with Gasteiger partial charge in [0.05, 0.1) is 10.5 Å². The van der Waals surface area contributed by atoms with Crippen molar-refractivity contribution < 1.29 is 9.72 Å². The molecule has 1 aromatic heterocycles. The lowest BCUT2D eigenvalue weighted by Crippen LogP contribution is -2.34. The van der Waals surface area contributed by atoms with Gasteiger partial charge in [0.25, 0.3) is 11.6 Å². The van der Waals surface area contributed by atoms with Gasteiger partial charge in [0.2, 0.25) is 0 Å². The van der Waals surface area contributed by atoms with Crippen molar-refractivity contribution in [1.82, 2.24) is 5.32 Å². The highest BCUT2D eigenvalue weighted by atomic mass is 32.1. The predicted octanol–water partition coefficient (Wildman–Crippen LogP) is 4.81. The number of anilines is 1. The first kappa shape index (κ1) is 21.9. The summed E-state index contributed by atoms with van der Waals surface area (Å²) in [5.41, 5.74) is 1.80. The highest BCUT2D eigenvalue weighted by molar-refractivity contribution is 7.80. The molecule has 1 unspecified atom stereocenters. The van der Waals surface area contributed by atoms with Crippen molar-refractivity contribution in [2.24, 2.45) is 11.3 Å². The minimum Gasteiger partial charge on any atom is -0.323 e. The summed E-state index contributed by atoms with van der Waals surface area (Å²) in [7, 11) is 0. The van der Waals surface area contributed by atoms with Crippen LogP contribution in [-0.4, -0.2) is 15.9 Å². The molecule has 0 saturated carbocycles. The molecule has 7 nitrogen and oxygen atoms in total. The van der Waals surface area contributed by atoms with Crippen LogP contribution in [-0.2, 0) is 12.8 Å². The Hall–Kier alpha value is -2.83. The van der Waals surface area contributed by atoms with Crippen LogP contribution < -0.4 is 10.6 Å². The van der Waals surface area contributed by atoms with Crippen molar-refractivity contribution in [1.29, 1.82) is 5.26 Å². The maximum atomic E-state index is 12.4. The van der Waals surface area contributed by atoms with Gasteiger partial charge in [-0.2, -0.15) is 5.26 Å². The molecule has 1 atom stereocenters. The molecule has 1 aliphatic carbocycles. The highest BCUT2D eigenvalue weighted by Crippen LogP contribution is 2.43. The van der Waals surface area contributed by atoms with Crippen LogP contribution in [0.15, 0.2) is 24.3 Å². The molecule has 2 N–H and O–H groups in total. The van der Waals surface area contributed by atoms with Crippen LogP contribution in [0.4, 0.5) is 10.7 Å². The van der Waals surface area contributed by atoms with Gasteiger partial charge in [0.1, 0.15) is 11.1 Å². The number of non-ortho nitro benzene ring substituents is 1. The molecule has 9 heteroatoms. The Balaban J connectivity index is 1.74. The van der Waals surface area contributed by atoms with Gasteiger partial charge in [-0.15, -0.1) is 11.3 Å². The SMILES string of the molecule is CC(C)(C)C1CCc2c(sc(NC(=S)NC(=O)c3cccc([N+](=O)[O-])c3)c2C#N)C1. The van der Waals surface area contributed by atoms with Crippen molar-refractivity contribution in [3.63, 3.8) is 0 Å². The van der Waals surface area contributed by atoms with Crippen LogP contribution in [0.5, 0.6) is 0 Å². The minimum atomic E-state index is -0.562. The van der Waals surface area contributed by atoms with E-state index >= 15 is 0 Å². The molecule has 0 bridgehead atoms. The molecular weight excluding hydrogens is 420 g/mol. The van der Waals surface area contributed by atoms with Crippen LogP contribution in [0, 0.1) is 32.8 Å². The van der Waals surface area contributed by atoms with E-state index in [9.17, 15) is 20.2 Å². The maximum absolute atomic E-state index is 12.4. The standard InChI is InChI=1S/C21H22N4O3S2/c1-21(2,3)13-7-8-15-16(11-22)19(30-17(15)10-13)24-20(29)23-18(26)12-5-4-6-14(9-12)25(27)28/h4-6,9,13H,7-8,10H2,1-3H3,(H2,23,24,26,29). The second kappa shape index (κ2) is 8.50. The molecule has 1 amide bonds. The average Bonchev–Trinajstić information content (AvgIpc) is 3.03. The summed E-state index contributed by atoms with van der Waals surface area (Å²) in [6.45, 7) is 6.71. The molecule has 156 valence electrons. The van der Waals surface area contributed by atoms with Crippen molar-refractivity contribution >= 4 is 45.3 Å². The Morgan fingerprint density at radius 1 is 1.40 bits per heavy atom. The van der Waals surface area contributed by atoms with Crippen molar-refractivity contribution in [2.45, 2.75) is 40.0 Å². The Kier molecular flexibility index (Phi) is 6.19. The van der Waals surface area contributed by atoms with Gasteiger partial charge in [-0.25, -0.2) is 0 Å². The molecule has 0 spiro atoms. The zero-order valence-corrected chi connectivity index (χ0v) is 18.6. The summed E-state index contributed by atoms with van der Waals surface area (Å²) in [5, 5.41) is 26.7. The summed E-state index contributed by atoms with van der Waals surface area (Å²) in [6, 6.07) is 7.69. The van der Waals surface area contributed by atoms with E-state index in [1.807, 2.05) is 0 Å². The lowest BCUT2D eigenvalue weighted by atomic mass is 9.72. The number of rotatable bonds is 3. The summed E-state index contributed by atoms with van der Waals surface area (Å²) in [6.07, 6.45) is 2.81. The van der Waals surface area contributed by atoms with E-state index in [0.717, 1.165) is 24.8 Å². The first-order valence-corrected chi connectivity index (χ1v) is 10.7. The summed E-state index contributed by atoms with van der Waals surface area (Å²) in [5.74, 6) is -0.00704. The number of carbonyl (C=O) groups is 1. The number of fused-ring (bicyclic) bond motifs is 1. The fraction of sp³-hybridized carbons (Fsp3) is 0.381. The van der Waals surface area contributed by atoms with Crippen LogP contribution in [0.2, 0.25) is 0 Å². The van der Waals surface area contributed by atoms with Gasteiger partial charge >= 0.3 is 0 Å². The molecule has 0 fully saturated rings. The van der Waals surface area contributed by atoms with Gasteiger partial charge in [-0.1, -0.05) is 26.8 Å². The number of carbonyl (C=O) groups excluding carboxylic acids is 1. The van der Waals surface area contributed by atoms with Gasteiger partial charge < -0.3 is 5.32 Å². The fourth-order valence-electron chi connectivity index (χ4n) is 3.60. The quantitative estimate of drug-likeness (QED) is 0.401. The number of nitrogens with zero attached hydrogens (tertiary/aromatic N) is 2.